The van der Waals surface area contributed by atoms with Gasteiger partial charge < -0.3 is 4.90 Å². The molecule has 0 aliphatic carbocycles. The Morgan fingerprint density at radius 2 is 2.05 bits per heavy atom. The first-order valence-electron chi connectivity index (χ1n) is 6.12. The van der Waals surface area contributed by atoms with Gasteiger partial charge in [0, 0.05) is 26.2 Å². The van der Waals surface area contributed by atoms with Crippen LogP contribution in [-0.2, 0) is 14.8 Å². The quantitative estimate of drug-likeness (QED) is 0.754. The Morgan fingerprint density at radius 3 is 2.65 bits per heavy atom. The zero-order valence-corrected chi connectivity index (χ0v) is 14.0. The van der Waals surface area contributed by atoms with Gasteiger partial charge in [0.25, 0.3) is 10.0 Å². The number of carbonyl (C=O) groups excluding carboxylic acids is 1. The molecule has 0 unspecified atom stereocenters. The third-order valence-electron chi connectivity index (χ3n) is 3.08. The van der Waals surface area contributed by atoms with Crippen LogP contribution in [0, 0.1) is 0 Å². The van der Waals surface area contributed by atoms with Gasteiger partial charge in [0.2, 0.25) is 5.91 Å². The van der Waals surface area contributed by atoms with E-state index in [1.165, 1.54) is 21.7 Å². The van der Waals surface area contributed by atoms with Crippen molar-refractivity contribution < 1.29 is 13.2 Å². The van der Waals surface area contributed by atoms with E-state index in [4.69, 9.17) is 0 Å². The van der Waals surface area contributed by atoms with E-state index in [1.54, 1.807) is 17.0 Å². The summed E-state index contributed by atoms with van der Waals surface area (Å²) in [7, 11) is -3.46. The largest absolute Gasteiger partial charge is 0.338 e. The summed E-state index contributed by atoms with van der Waals surface area (Å²) in [6.07, 6.45) is 1.89. The molecule has 1 aromatic heterocycles. The number of halogens is 1. The highest BCUT2D eigenvalue weighted by molar-refractivity contribution is 9.11. The Labute approximate surface area is 131 Å². The second-order valence-corrected chi connectivity index (χ2v) is 8.97. The standard InChI is InChI=1S/C12H15BrN2O3S2/c1-2-11(16)14-6-3-7-15(9-8-14)20(17,18)12-5-4-10(13)19-12/h2,4-5H,1,3,6-9H2. The van der Waals surface area contributed by atoms with Crippen molar-refractivity contribution in [1.82, 2.24) is 9.21 Å². The molecule has 1 saturated heterocycles. The Kier molecular flexibility index (Phi) is 5.00. The predicted octanol–water partition coefficient (Wildman–Crippen LogP) is 1.92. The molecule has 0 saturated carbocycles. The summed E-state index contributed by atoms with van der Waals surface area (Å²) in [5.74, 6) is -0.150. The van der Waals surface area contributed by atoms with Crippen molar-refractivity contribution in [2.24, 2.45) is 0 Å². The molecule has 0 atom stereocenters. The van der Waals surface area contributed by atoms with E-state index in [1.807, 2.05) is 0 Å². The lowest BCUT2D eigenvalue weighted by molar-refractivity contribution is -0.125. The summed E-state index contributed by atoms with van der Waals surface area (Å²) < 4.78 is 27.5. The number of rotatable bonds is 3. The van der Waals surface area contributed by atoms with Crippen molar-refractivity contribution in [2.75, 3.05) is 26.2 Å². The third kappa shape index (κ3) is 3.30. The first kappa shape index (κ1) is 15.7. The maximum Gasteiger partial charge on any atom is 0.252 e. The monoisotopic (exact) mass is 378 g/mol. The van der Waals surface area contributed by atoms with Crippen molar-refractivity contribution in [3.8, 4) is 0 Å². The molecule has 8 heteroatoms. The summed E-state index contributed by atoms with van der Waals surface area (Å²) in [6, 6.07) is 3.32. The van der Waals surface area contributed by atoms with Crippen molar-refractivity contribution in [2.45, 2.75) is 10.6 Å². The number of amides is 1. The van der Waals surface area contributed by atoms with Crippen molar-refractivity contribution >= 4 is 43.2 Å². The number of nitrogens with zero attached hydrogens (tertiary/aromatic N) is 2. The molecule has 1 fully saturated rings. The van der Waals surface area contributed by atoms with Crippen LogP contribution >= 0.6 is 27.3 Å². The van der Waals surface area contributed by atoms with Crippen LogP contribution in [0.3, 0.4) is 0 Å². The van der Waals surface area contributed by atoms with Gasteiger partial charge in [0.05, 0.1) is 3.79 Å². The van der Waals surface area contributed by atoms with Gasteiger partial charge in [-0.25, -0.2) is 8.42 Å². The summed E-state index contributed by atoms with van der Waals surface area (Å²) in [6.45, 7) is 5.16. The Balaban J connectivity index is 2.14. The fourth-order valence-electron chi connectivity index (χ4n) is 2.05. The fourth-order valence-corrected chi connectivity index (χ4v) is 5.68. The van der Waals surface area contributed by atoms with E-state index in [2.05, 4.69) is 22.5 Å². The van der Waals surface area contributed by atoms with E-state index >= 15 is 0 Å². The number of sulfonamides is 1. The second kappa shape index (κ2) is 6.38. The minimum absolute atomic E-state index is 0.150. The molecule has 2 rings (SSSR count). The Morgan fingerprint density at radius 1 is 1.30 bits per heavy atom. The molecule has 0 aromatic carbocycles. The highest BCUT2D eigenvalue weighted by Crippen LogP contribution is 2.28. The number of hydrogen-bond acceptors (Lipinski definition) is 4. The third-order valence-corrected chi connectivity index (χ3v) is 7.07. The van der Waals surface area contributed by atoms with Crippen molar-refractivity contribution in [3.05, 3.63) is 28.6 Å². The zero-order chi connectivity index (χ0) is 14.8. The molecule has 110 valence electrons. The average molecular weight is 379 g/mol. The summed E-state index contributed by atoms with van der Waals surface area (Å²) in [5.41, 5.74) is 0. The molecule has 5 nitrogen and oxygen atoms in total. The highest BCUT2D eigenvalue weighted by Gasteiger charge is 2.28. The fraction of sp³-hybridized carbons (Fsp3) is 0.417. The van der Waals surface area contributed by atoms with Crippen LogP contribution in [0.1, 0.15) is 6.42 Å². The normalized spacial score (nSPS) is 17.8. The molecule has 20 heavy (non-hydrogen) atoms. The van der Waals surface area contributed by atoms with Gasteiger partial charge in [0.1, 0.15) is 4.21 Å². The lowest BCUT2D eigenvalue weighted by Gasteiger charge is -2.20. The van der Waals surface area contributed by atoms with Gasteiger partial charge >= 0.3 is 0 Å². The minimum atomic E-state index is -3.46. The molecule has 0 N–H and O–H groups in total. The first-order chi connectivity index (χ1) is 9.45. The average Bonchev–Trinajstić information content (AvgIpc) is 2.72. The van der Waals surface area contributed by atoms with Crippen LogP contribution in [0.25, 0.3) is 0 Å². The molecule has 1 aromatic rings. The van der Waals surface area contributed by atoms with Gasteiger partial charge in [-0.2, -0.15) is 4.31 Å². The lowest BCUT2D eigenvalue weighted by Crippen LogP contribution is -2.36. The van der Waals surface area contributed by atoms with Gasteiger partial charge in [0.15, 0.2) is 0 Å². The van der Waals surface area contributed by atoms with E-state index in [0.717, 1.165) is 3.79 Å². The van der Waals surface area contributed by atoms with Crippen LogP contribution in [0.15, 0.2) is 32.8 Å². The van der Waals surface area contributed by atoms with Gasteiger partial charge in [-0.05, 0) is 40.6 Å². The first-order valence-corrected chi connectivity index (χ1v) is 9.17. The molecular weight excluding hydrogens is 364 g/mol. The maximum atomic E-state index is 12.5. The lowest BCUT2D eigenvalue weighted by atomic mass is 10.4. The predicted molar refractivity (Wildman–Crippen MR) is 82.2 cm³/mol. The highest BCUT2D eigenvalue weighted by atomic mass is 79.9. The molecule has 1 aliphatic rings. The number of carbonyl (C=O) groups is 1. The van der Waals surface area contributed by atoms with Gasteiger partial charge in [-0.1, -0.05) is 6.58 Å². The number of hydrogen-bond donors (Lipinski definition) is 0. The van der Waals surface area contributed by atoms with E-state index in [9.17, 15) is 13.2 Å². The second-order valence-electron chi connectivity index (χ2n) is 4.35. The summed E-state index contributed by atoms with van der Waals surface area (Å²) >= 11 is 4.47. The van der Waals surface area contributed by atoms with Crippen LogP contribution in [0.2, 0.25) is 0 Å². The van der Waals surface area contributed by atoms with E-state index in [-0.39, 0.29) is 5.91 Å². The zero-order valence-electron chi connectivity index (χ0n) is 10.8. The molecule has 0 spiro atoms. The Hall–Kier alpha value is -0.700. The van der Waals surface area contributed by atoms with E-state index in [0.29, 0.717) is 36.8 Å². The molecule has 2 heterocycles. The summed E-state index contributed by atoms with van der Waals surface area (Å²) in [4.78, 5) is 13.2. The van der Waals surface area contributed by atoms with Crippen LogP contribution in [0.5, 0.6) is 0 Å². The molecule has 0 radical (unpaired) electrons. The van der Waals surface area contributed by atoms with Crippen molar-refractivity contribution in [1.29, 1.82) is 0 Å². The number of thiophene rings is 1. The molecule has 1 amide bonds. The maximum absolute atomic E-state index is 12.5. The van der Waals surface area contributed by atoms with Crippen LogP contribution in [-0.4, -0.2) is 49.7 Å². The smallest absolute Gasteiger partial charge is 0.252 e. The van der Waals surface area contributed by atoms with Crippen molar-refractivity contribution in [3.63, 3.8) is 0 Å². The summed E-state index contributed by atoms with van der Waals surface area (Å²) in [5, 5.41) is 0. The van der Waals surface area contributed by atoms with Crippen LogP contribution in [0.4, 0.5) is 0 Å². The van der Waals surface area contributed by atoms with Gasteiger partial charge in [-0.3, -0.25) is 4.79 Å². The van der Waals surface area contributed by atoms with E-state index < -0.39 is 10.0 Å². The molecular formula is C12H15BrN2O3S2. The topological polar surface area (TPSA) is 57.7 Å². The molecule has 0 bridgehead atoms. The Bertz CT molecular complexity index is 612. The minimum Gasteiger partial charge on any atom is -0.338 e. The molecule has 1 aliphatic heterocycles. The van der Waals surface area contributed by atoms with Gasteiger partial charge in [-0.15, -0.1) is 11.3 Å². The van der Waals surface area contributed by atoms with Crippen LogP contribution < -0.4 is 0 Å². The SMILES string of the molecule is C=CC(=O)N1CCCN(S(=O)(=O)c2ccc(Br)s2)CC1.